The highest BCUT2D eigenvalue weighted by atomic mass is 15.0. The van der Waals surface area contributed by atoms with Crippen LogP contribution in [0.4, 0.5) is 0 Å². The molecule has 0 aromatic carbocycles. The largest absolute Gasteiger partial charge is 0.0585 e. The van der Waals surface area contributed by atoms with E-state index >= 15 is 0 Å². The van der Waals surface area contributed by atoms with Gasteiger partial charge in [0.2, 0.25) is 0 Å². The van der Waals surface area contributed by atoms with E-state index in [1.165, 1.54) is 41.4 Å². The summed E-state index contributed by atoms with van der Waals surface area (Å²) in [6.07, 6.45) is 6.63. The van der Waals surface area contributed by atoms with Crippen molar-refractivity contribution in [1.82, 2.24) is 0 Å². The fourth-order valence-electron chi connectivity index (χ4n) is 8.74. The minimum atomic E-state index is 0.892. The second-order valence-corrected chi connectivity index (χ2v) is 7.63. The van der Waals surface area contributed by atoms with Gasteiger partial charge in [0.15, 0.2) is 0 Å². The maximum Gasteiger partial charge on any atom is -0.0145 e. The Balaban J connectivity index is 1.74. The molecule has 0 aromatic rings. The predicted molar refractivity (Wildman–Crippen MR) is 53.4 cm³/mol. The van der Waals surface area contributed by atoms with Crippen molar-refractivity contribution in [3.8, 4) is 0 Å². The Morgan fingerprint density at radius 2 is 1.86 bits per heavy atom. The summed E-state index contributed by atoms with van der Waals surface area (Å²) in [5.41, 5.74) is 1.88. The van der Waals surface area contributed by atoms with Crippen molar-refractivity contribution in [2.24, 2.45) is 52.3 Å². The van der Waals surface area contributed by atoms with E-state index in [1.54, 1.807) is 25.7 Å². The van der Waals surface area contributed by atoms with E-state index in [9.17, 15) is 0 Å². The van der Waals surface area contributed by atoms with E-state index < -0.39 is 0 Å². The zero-order valence-corrected chi connectivity index (χ0v) is 8.87. The number of fused-ring (bicyclic) bond motifs is 1. The zero-order valence-electron chi connectivity index (χ0n) is 8.87. The molecule has 1 spiro atoms. The molecular formula is C14H18. The lowest BCUT2D eigenvalue weighted by Crippen LogP contribution is -2.80. The molecule has 0 bridgehead atoms. The van der Waals surface area contributed by atoms with Crippen LogP contribution in [-0.2, 0) is 0 Å². The molecule has 0 heteroatoms. The minimum absolute atomic E-state index is 0.892. The molecule has 9 atom stereocenters. The molecule has 0 N–H and O–H groups in total. The molecule has 0 heterocycles. The molecule has 6 rings (SSSR count). The smallest absolute Gasteiger partial charge is 0.0145 e. The number of hydrogen-bond acceptors (Lipinski definition) is 0. The first-order valence-corrected chi connectivity index (χ1v) is 6.79. The fraction of sp³-hybridized carbons (Fsp3) is 1.00. The third-order valence-electron chi connectivity index (χ3n) is 8.46. The summed E-state index contributed by atoms with van der Waals surface area (Å²) in [6.45, 7) is 2.71. The lowest BCUT2D eigenvalue weighted by molar-refractivity contribution is -0.371. The maximum absolute atomic E-state index is 2.71. The summed E-state index contributed by atoms with van der Waals surface area (Å²) in [6, 6.07) is 0. The van der Waals surface area contributed by atoms with Crippen molar-refractivity contribution >= 4 is 0 Å². The lowest BCUT2D eigenvalue weighted by Gasteiger charge is -2.84. The van der Waals surface area contributed by atoms with Crippen LogP contribution in [-0.4, -0.2) is 0 Å². The Labute approximate surface area is 85.4 Å². The topological polar surface area (TPSA) is 0 Å². The Bertz CT molecular complexity index is 381. The van der Waals surface area contributed by atoms with Gasteiger partial charge in [-0.15, -0.1) is 0 Å². The molecule has 0 aromatic heterocycles. The second kappa shape index (κ2) is 1.37. The van der Waals surface area contributed by atoms with E-state index in [2.05, 4.69) is 6.92 Å². The second-order valence-electron chi connectivity index (χ2n) is 7.63. The minimum Gasteiger partial charge on any atom is -0.0585 e. The molecule has 14 heavy (non-hydrogen) atoms. The normalized spacial score (nSPS) is 88.5. The van der Waals surface area contributed by atoms with Gasteiger partial charge >= 0.3 is 0 Å². The van der Waals surface area contributed by atoms with Crippen LogP contribution < -0.4 is 0 Å². The van der Waals surface area contributed by atoms with Gasteiger partial charge in [-0.3, -0.25) is 0 Å². The van der Waals surface area contributed by atoms with Crippen LogP contribution in [0, 0.1) is 52.3 Å². The average Bonchev–Trinajstić information content (AvgIpc) is 2.61. The fourth-order valence-corrected chi connectivity index (χ4v) is 8.74. The molecule has 6 aliphatic rings. The molecule has 6 fully saturated rings. The van der Waals surface area contributed by atoms with Crippen LogP contribution in [0.15, 0.2) is 0 Å². The van der Waals surface area contributed by atoms with E-state index in [0.29, 0.717) is 0 Å². The van der Waals surface area contributed by atoms with Crippen molar-refractivity contribution in [2.45, 2.75) is 32.6 Å². The van der Waals surface area contributed by atoms with Gasteiger partial charge in [-0.1, -0.05) is 6.92 Å². The van der Waals surface area contributed by atoms with E-state index in [1.807, 2.05) is 0 Å². The Morgan fingerprint density at radius 1 is 0.929 bits per heavy atom. The molecule has 0 nitrogen and oxygen atoms in total. The third kappa shape index (κ3) is 0.288. The first-order valence-electron chi connectivity index (χ1n) is 6.79. The van der Waals surface area contributed by atoms with Crippen LogP contribution in [0.2, 0.25) is 0 Å². The van der Waals surface area contributed by atoms with Gasteiger partial charge in [-0.25, -0.2) is 0 Å². The molecule has 0 aliphatic heterocycles. The summed E-state index contributed by atoms with van der Waals surface area (Å²) in [4.78, 5) is 0. The molecule has 0 radical (unpaired) electrons. The highest BCUT2D eigenvalue weighted by molar-refractivity contribution is 5.42. The third-order valence-corrected chi connectivity index (χ3v) is 8.46. The van der Waals surface area contributed by atoms with Gasteiger partial charge < -0.3 is 0 Å². The van der Waals surface area contributed by atoms with Crippen LogP contribution >= 0.6 is 0 Å². The van der Waals surface area contributed by atoms with Crippen LogP contribution in [0.1, 0.15) is 32.6 Å². The molecule has 0 saturated heterocycles. The van der Waals surface area contributed by atoms with Gasteiger partial charge in [-0.2, -0.15) is 0 Å². The molecule has 0 amide bonds. The van der Waals surface area contributed by atoms with Crippen LogP contribution in [0.25, 0.3) is 0 Å². The van der Waals surface area contributed by atoms with E-state index in [4.69, 9.17) is 0 Å². The summed E-state index contributed by atoms with van der Waals surface area (Å²) < 4.78 is 0. The summed E-state index contributed by atoms with van der Waals surface area (Å²) in [5, 5.41) is 0. The number of hydrogen-bond donors (Lipinski definition) is 0. The van der Waals surface area contributed by atoms with Crippen LogP contribution in [0.5, 0.6) is 0 Å². The van der Waals surface area contributed by atoms with Gasteiger partial charge in [-0.05, 0) is 77.9 Å². The summed E-state index contributed by atoms with van der Waals surface area (Å²) >= 11 is 0. The first kappa shape index (κ1) is 6.55. The molecule has 6 saturated carbocycles. The van der Waals surface area contributed by atoms with Crippen molar-refractivity contribution in [1.29, 1.82) is 0 Å². The molecule has 9 unspecified atom stereocenters. The highest BCUT2D eigenvalue weighted by Crippen LogP contribution is 2.99. The van der Waals surface area contributed by atoms with Gasteiger partial charge in [0.1, 0.15) is 0 Å². The van der Waals surface area contributed by atoms with Crippen molar-refractivity contribution in [3.05, 3.63) is 0 Å². The quantitative estimate of drug-likeness (QED) is 0.545. The van der Waals surface area contributed by atoms with Gasteiger partial charge in [0.25, 0.3) is 0 Å². The Morgan fingerprint density at radius 3 is 2.79 bits per heavy atom. The summed E-state index contributed by atoms with van der Waals surface area (Å²) in [5.74, 6) is 8.61. The Kier molecular flexibility index (Phi) is 0.640. The zero-order chi connectivity index (χ0) is 8.87. The van der Waals surface area contributed by atoms with E-state index in [-0.39, 0.29) is 0 Å². The standard InChI is InChI=1S/C14H18/c1-13-7-2-6-3-9-10-5-8(4-7)14(10,13)12(9)11(6)13/h6-12H,2-5H2,1H3. The average molecular weight is 186 g/mol. The van der Waals surface area contributed by atoms with Crippen molar-refractivity contribution < 1.29 is 0 Å². The van der Waals surface area contributed by atoms with Crippen molar-refractivity contribution in [3.63, 3.8) is 0 Å². The predicted octanol–water partition coefficient (Wildman–Crippen LogP) is 2.93. The van der Waals surface area contributed by atoms with Gasteiger partial charge in [0, 0.05) is 0 Å². The molecule has 74 valence electrons. The SMILES string of the molecule is CC12C3CC4CC5C6CC(C3)C61C5C42. The molecule has 6 aliphatic carbocycles. The van der Waals surface area contributed by atoms with Gasteiger partial charge in [0.05, 0.1) is 0 Å². The monoisotopic (exact) mass is 186 g/mol. The maximum atomic E-state index is 2.71. The first-order chi connectivity index (χ1) is 6.79. The lowest BCUT2D eigenvalue weighted by atomic mass is 9.20. The van der Waals surface area contributed by atoms with Crippen LogP contribution in [0.3, 0.4) is 0 Å². The Hall–Kier alpha value is 0. The van der Waals surface area contributed by atoms with E-state index in [0.717, 1.165) is 10.8 Å². The molecular weight excluding hydrogens is 168 g/mol. The summed E-state index contributed by atoms with van der Waals surface area (Å²) in [7, 11) is 0. The number of rotatable bonds is 0. The van der Waals surface area contributed by atoms with Crippen molar-refractivity contribution in [2.75, 3.05) is 0 Å². The highest BCUT2D eigenvalue weighted by Gasteiger charge is 2.95.